The highest BCUT2D eigenvalue weighted by atomic mass is 32.2. The first-order chi connectivity index (χ1) is 12.6. The molecule has 3 aromatic rings. The zero-order valence-electron chi connectivity index (χ0n) is 14.8. The molecule has 1 amide bonds. The first-order valence-electron chi connectivity index (χ1n) is 8.65. The molecule has 0 saturated carbocycles. The van der Waals surface area contributed by atoms with Crippen molar-refractivity contribution >= 4 is 56.4 Å². The van der Waals surface area contributed by atoms with E-state index >= 15 is 0 Å². The number of hydrogen-bond donors (Lipinski definition) is 2. The quantitative estimate of drug-likeness (QED) is 0.490. The molecule has 5 nitrogen and oxygen atoms in total. The molecule has 2 N–H and O–H groups in total. The number of aryl methyl sites for hydroxylation is 2. The Kier molecular flexibility index (Phi) is 4.82. The van der Waals surface area contributed by atoms with E-state index < -0.39 is 0 Å². The van der Waals surface area contributed by atoms with Crippen LogP contribution in [0.1, 0.15) is 30.2 Å². The average molecular weight is 385 g/mol. The fraction of sp³-hybridized carbons (Fsp3) is 0.316. The number of thiophene rings is 1. The number of carbonyl (C=O) groups excluding carboxylic acids is 1. The Bertz CT molecular complexity index is 966. The number of fused-ring (bicyclic) bond motifs is 3. The number of carbonyl (C=O) groups is 1. The standard InChI is InChI=1S/C19H20N4OS2/c1-11(24)20-12-7-9-13(10-8-12)21-17-16-14-5-3-4-6-15(14)26-18(16)23-19(22-17)25-2/h7-10H,3-6H2,1-2H3,(H,20,24)(H,21,22,23). The van der Waals surface area contributed by atoms with Crippen LogP contribution in [0, 0.1) is 0 Å². The molecule has 1 aliphatic carbocycles. The lowest BCUT2D eigenvalue weighted by atomic mass is 9.97. The maximum absolute atomic E-state index is 11.2. The average Bonchev–Trinajstić information content (AvgIpc) is 3.01. The van der Waals surface area contributed by atoms with Crippen molar-refractivity contribution < 1.29 is 4.79 Å². The Morgan fingerprint density at radius 2 is 1.85 bits per heavy atom. The summed E-state index contributed by atoms with van der Waals surface area (Å²) in [5.41, 5.74) is 3.15. The molecule has 1 aromatic carbocycles. The van der Waals surface area contributed by atoms with Crippen molar-refractivity contribution in [2.45, 2.75) is 37.8 Å². The van der Waals surface area contributed by atoms with Gasteiger partial charge in [0.25, 0.3) is 0 Å². The molecule has 2 heterocycles. The van der Waals surface area contributed by atoms with Crippen LogP contribution < -0.4 is 10.6 Å². The zero-order valence-corrected chi connectivity index (χ0v) is 16.4. The summed E-state index contributed by atoms with van der Waals surface area (Å²) in [5, 5.41) is 8.21. The Morgan fingerprint density at radius 3 is 2.58 bits per heavy atom. The summed E-state index contributed by atoms with van der Waals surface area (Å²) in [5.74, 6) is 0.809. The van der Waals surface area contributed by atoms with E-state index in [2.05, 4.69) is 10.6 Å². The number of anilines is 3. The molecule has 0 saturated heterocycles. The van der Waals surface area contributed by atoms with Gasteiger partial charge in [0, 0.05) is 23.2 Å². The lowest BCUT2D eigenvalue weighted by Crippen LogP contribution is -2.05. The Hall–Kier alpha value is -2.12. The van der Waals surface area contributed by atoms with Crippen LogP contribution in [0.4, 0.5) is 17.2 Å². The van der Waals surface area contributed by atoms with Gasteiger partial charge >= 0.3 is 0 Å². The lowest BCUT2D eigenvalue weighted by molar-refractivity contribution is -0.114. The van der Waals surface area contributed by atoms with Crippen LogP contribution in [-0.4, -0.2) is 22.1 Å². The van der Waals surface area contributed by atoms with Crippen LogP contribution in [-0.2, 0) is 17.6 Å². The first-order valence-corrected chi connectivity index (χ1v) is 10.7. The fourth-order valence-electron chi connectivity index (χ4n) is 3.30. The minimum Gasteiger partial charge on any atom is -0.340 e. The van der Waals surface area contributed by atoms with Crippen LogP contribution in [0.15, 0.2) is 29.4 Å². The van der Waals surface area contributed by atoms with Crippen molar-refractivity contribution in [2.75, 3.05) is 16.9 Å². The van der Waals surface area contributed by atoms with Crippen molar-refractivity contribution in [1.29, 1.82) is 0 Å². The van der Waals surface area contributed by atoms with E-state index in [1.807, 2.05) is 41.9 Å². The van der Waals surface area contributed by atoms with E-state index in [1.54, 1.807) is 11.8 Å². The minimum atomic E-state index is -0.0715. The van der Waals surface area contributed by atoms with Gasteiger partial charge in [0.1, 0.15) is 10.6 Å². The molecule has 1 aliphatic rings. The molecular formula is C19H20N4OS2. The summed E-state index contributed by atoms with van der Waals surface area (Å²) >= 11 is 3.37. The van der Waals surface area contributed by atoms with E-state index in [-0.39, 0.29) is 5.91 Å². The third-order valence-corrected chi connectivity index (χ3v) is 6.18. The molecule has 7 heteroatoms. The molecule has 0 spiro atoms. The smallest absolute Gasteiger partial charge is 0.221 e. The molecule has 0 unspecified atom stereocenters. The summed E-state index contributed by atoms with van der Waals surface area (Å²) in [6.07, 6.45) is 6.74. The van der Waals surface area contributed by atoms with Gasteiger partial charge in [-0.3, -0.25) is 4.79 Å². The Balaban J connectivity index is 1.73. The largest absolute Gasteiger partial charge is 0.340 e. The second-order valence-electron chi connectivity index (χ2n) is 6.33. The number of amides is 1. The van der Waals surface area contributed by atoms with Crippen molar-refractivity contribution in [3.63, 3.8) is 0 Å². The maximum Gasteiger partial charge on any atom is 0.221 e. The van der Waals surface area contributed by atoms with Crippen LogP contribution in [0.3, 0.4) is 0 Å². The highest BCUT2D eigenvalue weighted by Crippen LogP contribution is 2.40. The fourth-order valence-corrected chi connectivity index (χ4v) is 4.98. The summed E-state index contributed by atoms with van der Waals surface area (Å²) < 4.78 is 0. The number of hydrogen-bond acceptors (Lipinski definition) is 6. The molecule has 134 valence electrons. The van der Waals surface area contributed by atoms with Gasteiger partial charge in [-0.05, 0) is 61.8 Å². The summed E-state index contributed by atoms with van der Waals surface area (Å²) in [6, 6.07) is 7.69. The SMILES string of the molecule is CSc1nc(Nc2ccc(NC(C)=O)cc2)c2c3c(sc2n1)CCCC3. The molecule has 0 radical (unpaired) electrons. The predicted octanol–water partition coefficient (Wildman–Crippen LogP) is 4.99. The number of benzene rings is 1. The number of thioether (sulfide) groups is 1. The van der Waals surface area contributed by atoms with Crippen molar-refractivity contribution in [3.8, 4) is 0 Å². The van der Waals surface area contributed by atoms with E-state index in [1.165, 1.54) is 35.6 Å². The molecule has 0 fully saturated rings. The number of nitrogens with zero attached hydrogens (tertiary/aromatic N) is 2. The maximum atomic E-state index is 11.2. The molecular weight excluding hydrogens is 364 g/mol. The summed E-state index contributed by atoms with van der Waals surface area (Å²) in [4.78, 5) is 23.2. The van der Waals surface area contributed by atoms with Gasteiger partial charge in [-0.2, -0.15) is 0 Å². The monoisotopic (exact) mass is 384 g/mol. The normalized spacial score (nSPS) is 13.5. The van der Waals surface area contributed by atoms with Gasteiger partial charge in [-0.15, -0.1) is 11.3 Å². The summed E-state index contributed by atoms with van der Waals surface area (Å²) in [6.45, 7) is 1.51. The van der Waals surface area contributed by atoms with Crippen LogP contribution in [0.2, 0.25) is 0 Å². The second kappa shape index (κ2) is 7.25. The number of nitrogens with one attached hydrogen (secondary N) is 2. The highest BCUT2D eigenvalue weighted by Gasteiger charge is 2.21. The first kappa shape index (κ1) is 17.3. The lowest BCUT2D eigenvalue weighted by Gasteiger charge is -2.13. The molecule has 0 aliphatic heterocycles. The highest BCUT2D eigenvalue weighted by molar-refractivity contribution is 7.98. The van der Waals surface area contributed by atoms with E-state index in [0.717, 1.165) is 40.0 Å². The number of rotatable bonds is 4. The minimum absolute atomic E-state index is 0.0715. The Labute approximate surface area is 160 Å². The van der Waals surface area contributed by atoms with Gasteiger partial charge in [-0.1, -0.05) is 11.8 Å². The van der Waals surface area contributed by atoms with Crippen LogP contribution >= 0.6 is 23.1 Å². The molecule has 2 aromatic heterocycles. The van der Waals surface area contributed by atoms with E-state index in [9.17, 15) is 4.79 Å². The van der Waals surface area contributed by atoms with Crippen LogP contribution in [0.25, 0.3) is 10.2 Å². The topological polar surface area (TPSA) is 66.9 Å². The van der Waals surface area contributed by atoms with Crippen molar-refractivity contribution in [1.82, 2.24) is 9.97 Å². The molecule has 26 heavy (non-hydrogen) atoms. The van der Waals surface area contributed by atoms with Gasteiger partial charge < -0.3 is 10.6 Å². The van der Waals surface area contributed by atoms with Gasteiger partial charge in [0.2, 0.25) is 5.91 Å². The molecule has 4 rings (SSSR count). The van der Waals surface area contributed by atoms with Crippen molar-refractivity contribution in [2.24, 2.45) is 0 Å². The third-order valence-electron chi connectivity index (χ3n) is 4.44. The van der Waals surface area contributed by atoms with Crippen LogP contribution in [0.5, 0.6) is 0 Å². The summed E-state index contributed by atoms with van der Waals surface area (Å²) in [7, 11) is 0. The van der Waals surface area contributed by atoms with Crippen molar-refractivity contribution in [3.05, 3.63) is 34.7 Å². The Morgan fingerprint density at radius 1 is 1.12 bits per heavy atom. The second-order valence-corrected chi connectivity index (χ2v) is 8.19. The molecule has 0 atom stereocenters. The van der Waals surface area contributed by atoms with Gasteiger partial charge in [0.15, 0.2) is 5.16 Å². The van der Waals surface area contributed by atoms with Gasteiger partial charge in [-0.25, -0.2) is 9.97 Å². The van der Waals surface area contributed by atoms with E-state index in [4.69, 9.17) is 9.97 Å². The predicted molar refractivity (Wildman–Crippen MR) is 110 cm³/mol. The zero-order chi connectivity index (χ0) is 18.1. The number of aromatic nitrogens is 2. The third kappa shape index (κ3) is 3.41. The molecule has 0 bridgehead atoms. The van der Waals surface area contributed by atoms with E-state index in [0.29, 0.717) is 0 Å². The van der Waals surface area contributed by atoms with Gasteiger partial charge in [0.05, 0.1) is 5.39 Å².